The molecule has 2 aliphatic heterocycles. The van der Waals surface area contributed by atoms with Crippen molar-refractivity contribution in [2.75, 3.05) is 38.2 Å². The van der Waals surface area contributed by atoms with Crippen LogP contribution in [0.4, 0.5) is 5.69 Å². The van der Waals surface area contributed by atoms with Gasteiger partial charge in [0.2, 0.25) is 0 Å². The molecule has 2 aromatic carbocycles. The number of hydrogen-bond acceptors (Lipinski definition) is 5. The average molecular weight is 436 g/mol. The summed E-state index contributed by atoms with van der Waals surface area (Å²) in [5, 5.41) is 2.91. The van der Waals surface area contributed by atoms with Gasteiger partial charge in [0.05, 0.1) is 23.8 Å². The Balaban J connectivity index is 1.27. The Morgan fingerprint density at radius 2 is 1.88 bits per heavy atom. The quantitative estimate of drug-likeness (QED) is 0.484. The summed E-state index contributed by atoms with van der Waals surface area (Å²) in [4.78, 5) is 41.4. The molecule has 0 spiro atoms. The number of nitrogens with one attached hydrogen (secondary N) is 1. The van der Waals surface area contributed by atoms with Crippen molar-refractivity contribution in [3.63, 3.8) is 0 Å². The van der Waals surface area contributed by atoms with Gasteiger partial charge in [-0.1, -0.05) is 18.2 Å². The molecule has 4 rings (SSSR count). The molecule has 1 saturated heterocycles. The third kappa shape index (κ3) is 4.83. The van der Waals surface area contributed by atoms with Gasteiger partial charge in [-0.25, -0.2) is 0 Å². The summed E-state index contributed by atoms with van der Waals surface area (Å²) in [5.41, 5.74) is 2.21. The summed E-state index contributed by atoms with van der Waals surface area (Å²) in [6.45, 7) is 2.39. The van der Waals surface area contributed by atoms with Crippen molar-refractivity contribution >= 4 is 23.4 Å². The van der Waals surface area contributed by atoms with E-state index in [9.17, 15) is 14.4 Å². The third-order valence-corrected chi connectivity index (χ3v) is 6.05. The zero-order valence-electron chi connectivity index (χ0n) is 18.4. The van der Waals surface area contributed by atoms with E-state index in [1.807, 2.05) is 18.2 Å². The fourth-order valence-electron chi connectivity index (χ4n) is 4.18. The number of rotatable bonds is 9. The SMILES string of the molecule is CN(CCCCNC(=O)c1ccc2c(c1)C(=O)N(CC1CCCO1)C2=O)c1ccccc1. The number of amides is 3. The van der Waals surface area contributed by atoms with Crippen LogP contribution in [0.5, 0.6) is 0 Å². The van der Waals surface area contributed by atoms with E-state index in [0.29, 0.717) is 29.8 Å². The van der Waals surface area contributed by atoms with E-state index < -0.39 is 0 Å². The zero-order valence-corrected chi connectivity index (χ0v) is 18.4. The maximum Gasteiger partial charge on any atom is 0.261 e. The molecule has 2 aromatic rings. The van der Waals surface area contributed by atoms with Crippen LogP contribution in [0.15, 0.2) is 48.5 Å². The van der Waals surface area contributed by atoms with Crippen molar-refractivity contribution in [1.82, 2.24) is 10.2 Å². The normalized spacial score (nSPS) is 17.5. The number of carbonyl (C=O) groups is 3. The first kappa shape index (κ1) is 22.0. The molecule has 1 fully saturated rings. The lowest BCUT2D eigenvalue weighted by molar-refractivity contribution is 0.0475. The van der Waals surface area contributed by atoms with Crippen molar-refractivity contribution in [2.45, 2.75) is 31.8 Å². The number of para-hydroxylation sites is 1. The molecule has 1 unspecified atom stereocenters. The van der Waals surface area contributed by atoms with Crippen LogP contribution in [0.2, 0.25) is 0 Å². The Labute approximate surface area is 188 Å². The second kappa shape index (κ2) is 9.96. The first-order valence-electron chi connectivity index (χ1n) is 11.2. The van der Waals surface area contributed by atoms with Gasteiger partial charge in [-0.15, -0.1) is 0 Å². The summed E-state index contributed by atoms with van der Waals surface area (Å²) < 4.78 is 5.56. The molecule has 0 bridgehead atoms. The standard InChI is InChI=1S/C25H29N3O4/c1-27(19-8-3-2-4-9-19)14-6-5-13-26-23(29)18-11-12-21-22(16-18)25(31)28(24(21)30)17-20-10-7-15-32-20/h2-4,8-9,11-12,16,20H,5-7,10,13-15,17H2,1H3,(H,26,29). The number of hydrogen-bond donors (Lipinski definition) is 1. The molecule has 7 heteroatoms. The second-order valence-corrected chi connectivity index (χ2v) is 8.34. The van der Waals surface area contributed by atoms with Gasteiger partial charge in [-0.3, -0.25) is 19.3 Å². The van der Waals surface area contributed by atoms with E-state index in [-0.39, 0.29) is 30.4 Å². The molecule has 2 aliphatic rings. The van der Waals surface area contributed by atoms with E-state index in [1.165, 1.54) is 16.7 Å². The molecule has 7 nitrogen and oxygen atoms in total. The molecule has 32 heavy (non-hydrogen) atoms. The van der Waals surface area contributed by atoms with E-state index in [2.05, 4.69) is 29.4 Å². The third-order valence-electron chi connectivity index (χ3n) is 6.05. The number of imide groups is 1. The molecule has 168 valence electrons. The van der Waals surface area contributed by atoms with Crippen LogP contribution in [0.25, 0.3) is 0 Å². The Morgan fingerprint density at radius 3 is 2.62 bits per heavy atom. The number of benzene rings is 2. The number of fused-ring (bicyclic) bond motifs is 1. The molecule has 0 saturated carbocycles. The van der Waals surface area contributed by atoms with Gasteiger partial charge in [0.25, 0.3) is 17.7 Å². The van der Waals surface area contributed by atoms with Gasteiger partial charge in [-0.05, 0) is 56.0 Å². The minimum absolute atomic E-state index is 0.0964. The molecule has 2 heterocycles. The van der Waals surface area contributed by atoms with Gasteiger partial charge >= 0.3 is 0 Å². The fourth-order valence-corrected chi connectivity index (χ4v) is 4.18. The average Bonchev–Trinajstić information content (AvgIpc) is 3.42. The summed E-state index contributed by atoms with van der Waals surface area (Å²) in [7, 11) is 2.05. The second-order valence-electron chi connectivity index (χ2n) is 8.34. The number of nitrogens with zero attached hydrogens (tertiary/aromatic N) is 2. The van der Waals surface area contributed by atoms with Crippen LogP contribution >= 0.6 is 0 Å². The Bertz CT molecular complexity index is 986. The smallest absolute Gasteiger partial charge is 0.261 e. The monoisotopic (exact) mass is 435 g/mol. The lowest BCUT2D eigenvalue weighted by atomic mass is 10.1. The lowest BCUT2D eigenvalue weighted by Crippen LogP contribution is -2.36. The molecule has 0 aromatic heterocycles. The van der Waals surface area contributed by atoms with Crippen molar-refractivity contribution in [2.24, 2.45) is 0 Å². The van der Waals surface area contributed by atoms with Crippen LogP contribution in [0, 0.1) is 0 Å². The molecule has 1 atom stereocenters. The largest absolute Gasteiger partial charge is 0.376 e. The predicted octanol–water partition coefficient (Wildman–Crippen LogP) is 3.11. The van der Waals surface area contributed by atoms with Crippen LogP contribution in [-0.4, -0.2) is 62.0 Å². The number of carbonyl (C=O) groups excluding carboxylic acids is 3. The van der Waals surface area contributed by atoms with Crippen molar-refractivity contribution in [3.8, 4) is 0 Å². The molecule has 0 aliphatic carbocycles. The highest BCUT2D eigenvalue weighted by atomic mass is 16.5. The topological polar surface area (TPSA) is 79.0 Å². The van der Waals surface area contributed by atoms with Crippen molar-refractivity contribution in [1.29, 1.82) is 0 Å². The highest BCUT2D eigenvalue weighted by molar-refractivity contribution is 6.22. The zero-order chi connectivity index (χ0) is 22.5. The highest BCUT2D eigenvalue weighted by Gasteiger charge is 2.37. The van der Waals surface area contributed by atoms with Crippen molar-refractivity contribution in [3.05, 3.63) is 65.2 Å². The predicted molar refractivity (Wildman–Crippen MR) is 122 cm³/mol. The van der Waals surface area contributed by atoms with Crippen LogP contribution in [-0.2, 0) is 4.74 Å². The lowest BCUT2D eigenvalue weighted by Gasteiger charge is -2.19. The van der Waals surface area contributed by atoms with E-state index in [0.717, 1.165) is 32.2 Å². The molecule has 3 amide bonds. The highest BCUT2D eigenvalue weighted by Crippen LogP contribution is 2.26. The first-order chi connectivity index (χ1) is 15.5. The van der Waals surface area contributed by atoms with Gasteiger partial charge in [0.1, 0.15) is 0 Å². The van der Waals surface area contributed by atoms with E-state index >= 15 is 0 Å². The van der Waals surface area contributed by atoms with E-state index in [4.69, 9.17) is 4.74 Å². The number of unbranched alkanes of at least 4 members (excludes halogenated alkanes) is 1. The van der Waals surface area contributed by atoms with Crippen LogP contribution < -0.4 is 10.2 Å². The van der Waals surface area contributed by atoms with Crippen molar-refractivity contribution < 1.29 is 19.1 Å². The molecular formula is C25H29N3O4. The summed E-state index contributed by atoms with van der Waals surface area (Å²) in [6, 6.07) is 14.9. The summed E-state index contributed by atoms with van der Waals surface area (Å²) in [6.07, 6.45) is 3.49. The maximum atomic E-state index is 12.8. The molecule has 1 N–H and O–H groups in total. The molecule has 0 radical (unpaired) electrons. The summed E-state index contributed by atoms with van der Waals surface area (Å²) in [5.74, 6) is -0.892. The number of anilines is 1. The van der Waals surface area contributed by atoms with Crippen LogP contribution in [0.3, 0.4) is 0 Å². The minimum Gasteiger partial charge on any atom is -0.376 e. The maximum absolute atomic E-state index is 12.8. The van der Waals surface area contributed by atoms with Crippen LogP contribution in [0.1, 0.15) is 56.8 Å². The first-order valence-corrected chi connectivity index (χ1v) is 11.2. The van der Waals surface area contributed by atoms with Gasteiger partial charge < -0.3 is 15.0 Å². The summed E-state index contributed by atoms with van der Waals surface area (Å²) >= 11 is 0. The Kier molecular flexibility index (Phi) is 6.85. The molecular weight excluding hydrogens is 406 g/mol. The minimum atomic E-state index is -0.348. The van der Waals surface area contributed by atoms with E-state index in [1.54, 1.807) is 12.1 Å². The van der Waals surface area contributed by atoms with Gasteiger partial charge in [0, 0.05) is 38.0 Å². The Morgan fingerprint density at radius 1 is 1.09 bits per heavy atom. The van der Waals surface area contributed by atoms with Gasteiger partial charge in [0.15, 0.2) is 0 Å². The number of ether oxygens (including phenoxy) is 1. The Hall–Kier alpha value is -3.19. The fraction of sp³-hybridized carbons (Fsp3) is 0.400. The van der Waals surface area contributed by atoms with Gasteiger partial charge in [-0.2, -0.15) is 0 Å².